The van der Waals surface area contributed by atoms with E-state index in [1.807, 2.05) is 41.8 Å². The van der Waals surface area contributed by atoms with E-state index in [-0.39, 0.29) is 5.78 Å². The van der Waals surface area contributed by atoms with Gasteiger partial charge in [-0.05, 0) is 29.6 Å². The van der Waals surface area contributed by atoms with E-state index >= 15 is 0 Å². The highest BCUT2D eigenvalue weighted by molar-refractivity contribution is 7.10. The summed E-state index contributed by atoms with van der Waals surface area (Å²) in [5, 5.41) is 2.62. The summed E-state index contributed by atoms with van der Waals surface area (Å²) in [4.78, 5) is 13.4. The van der Waals surface area contributed by atoms with E-state index in [2.05, 4.69) is 0 Å². The smallest absolute Gasteiger partial charge is 0.232 e. The molecular formula is C20H13ClO3S. The standard InChI is InChI=1S/C20H13ClO3S/c21-17-6-2-1-4-13(17)12-23-14-7-8-16-18(10-14)24-19(20(16)22)11-15-5-3-9-25-15/h1-11H,12H2. The lowest BCUT2D eigenvalue weighted by molar-refractivity contribution is 0.101. The molecular weight excluding hydrogens is 356 g/mol. The van der Waals surface area contributed by atoms with Crippen molar-refractivity contribution >= 4 is 34.8 Å². The number of ketones is 1. The van der Waals surface area contributed by atoms with Crippen LogP contribution in [0.25, 0.3) is 6.08 Å². The molecule has 4 rings (SSSR count). The lowest BCUT2D eigenvalue weighted by atomic mass is 10.1. The highest BCUT2D eigenvalue weighted by Crippen LogP contribution is 2.35. The molecule has 0 saturated carbocycles. The summed E-state index contributed by atoms with van der Waals surface area (Å²) >= 11 is 7.69. The molecule has 0 atom stereocenters. The first-order chi connectivity index (χ1) is 12.2. The van der Waals surface area contributed by atoms with Gasteiger partial charge < -0.3 is 9.47 Å². The largest absolute Gasteiger partial charge is 0.489 e. The molecule has 2 heterocycles. The maximum absolute atomic E-state index is 12.4. The Hall–Kier alpha value is -2.56. The van der Waals surface area contributed by atoms with E-state index < -0.39 is 0 Å². The fraction of sp³-hybridized carbons (Fsp3) is 0.0500. The molecule has 2 aromatic carbocycles. The molecule has 0 aliphatic carbocycles. The molecule has 0 N–H and O–H groups in total. The third-order valence-corrected chi connectivity index (χ3v) is 5.00. The second kappa shape index (κ2) is 6.75. The molecule has 0 fully saturated rings. The first-order valence-corrected chi connectivity index (χ1v) is 8.94. The number of hydrogen-bond acceptors (Lipinski definition) is 4. The fourth-order valence-electron chi connectivity index (χ4n) is 2.54. The van der Waals surface area contributed by atoms with Gasteiger partial charge in [0.2, 0.25) is 5.78 Å². The van der Waals surface area contributed by atoms with Crippen molar-refractivity contribution in [1.29, 1.82) is 0 Å². The maximum Gasteiger partial charge on any atom is 0.232 e. The van der Waals surface area contributed by atoms with Crippen LogP contribution in [0.1, 0.15) is 20.8 Å². The van der Waals surface area contributed by atoms with Crippen LogP contribution in [0.3, 0.4) is 0 Å². The van der Waals surface area contributed by atoms with Gasteiger partial charge in [0.1, 0.15) is 18.1 Å². The van der Waals surface area contributed by atoms with Crippen molar-refractivity contribution in [3.63, 3.8) is 0 Å². The minimum absolute atomic E-state index is 0.110. The van der Waals surface area contributed by atoms with Crippen LogP contribution in [0.4, 0.5) is 0 Å². The van der Waals surface area contributed by atoms with Crippen molar-refractivity contribution in [2.24, 2.45) is 0 Å². The van der Waals surface area contributed by atoms with Crippen LogP contribution in [0.5, 0.6) is 11.5 Å². The quantitative estimate of drug-likeness (QED) is 0.562. The minimum Gasteiger partial charge on any atom is -0.489 e. The molecule has 5 heteroatoms. The number of fused-ring (bicyclic) bond motifs is 1. The van der Waals surface area contributed by atoms with Crippen LogP contribution in [-0.2, 0) is 6.61 Å². The zero-order valence-corrected chi connectivity index (χ0v) is 14.6. The highest BCUT2D eigenvalue weighted by Gasteiger charge is 2.27. The van der Waals surface area contributed by atoms with E-state index in [1.165, 1.54) is 0 Å². The van der Waals surface area contributed by atoms with Gasteiger partial charge in [-0.2, -0.15) is 0 Å². The van der Waals surface area contributed by atoms with E-state index in [1.54, 1.807) is 35.6 Å². The summed E-state index contributed by atoms with van der Waals surface area (Å²) in [6.07, 6.45) is 1.76. The predicted octanol–water partition coefficient (Wildman–Crippen LogP) is 5.60. The number of hydrogen-bond donors (Lipinski definition) is 0. The Morgan fingerprint density at radius 2 is 2.00 bits per heavy atom. The van der Waals surface area contributed by atoms with Crippen molar-refractivity contribution in [2.45, 2.75) is 6.61 Å². The summed E-state index contributed by atoms with van der Waals surface area (Å²) in [6.45, 7) is 0.351. The molecule has 25 heavy (non-hydrogen) atoms. The fourth-order valence-corrected chi connectivity index (χ4v) is 3.37. The molecule has 1 aliphatic rings. The van der Waals surface area contributed by atoms with Gasteiger partial charge in [0.15, 0.2) is 5.76 Å². The Bertz CT molecular complexity index is 961. The molecule has 1 aromatic heterocycles. The molecule has 1 aliphatic heterocycles. The van der Waals surface area contributed by atoms with E-state index in [0.717, 1.165) is 10.4 Å². The average Bonchev–Trinajstić information content (AvgIpc) is 3.23. The summed E-state index contributed by atoms with van der Waals surface area (Å²) in [5.41, 5.74) is 1.45. The van der Waals surface area contributed by atoms with Crippen LogP contribution >= 0.6 is 22.9 Å². The lowest BCUT2D eigenvalue weighted by Gasteiger charge is -2.08. The molecule has 0 amide bonds. The summed E-state index contributed by atoms with van der Waals surface area (Å²) in [7, 11) is 0. The Labute approximate surface area is 154 Å². The lowest BCUT2D eigenvalue weighted by Crippen LogP contribution is -1.97. The number of halogens is 1. The van der Waals surface area contributed by atoms with Crippen LogP contribution in [0.2, 0.25) is 5.02 Å². The third kappa shape index (κ3) is 3.31. The number of ether oxygens (including phenoxy) is 2. The first kappa shape index (κ1) is 15.9. The van der Waals surface area contributed by atoms with E-state index in [9.17, 15) is 4.79 Å². The second-order valence-corrected chi connectivity index (χ2v) is 6.88. The van der Waals surface area contributed by atoms with Gasteiger partial charge in [0.25, 0.3) is 0 Å². The van der Waals surface area contributed by atoms with Crippen LogP contribution in [0.15, 0.2) is 65.7 Å². The SMILES string of the molecule is O=C1C(=Cc2cccs2)Oc2cc(OCc3ccccc3Cl)ccc21. The van der Waals surface area contributed by atoms with Crippen molar-refractivity contribution in [3.05, 3.63) is 86.8 Å². The molecule has 3 nitrogen and oxygen atoms in total. The van der Waals surface area contributed by atoms with Crippen LogP contribution in [-0.4, -0.2) is 5.78 Å². The van der Waals surface area contributed by atoms with Gasteiger partial charge in [0, 0.05) is 27.6 Å². The molecule has 3 aromatic rings. The average molecular weight is 369 g/mol. The normalized spacial score (nSPS) is 14.4. The van der Waals surface area contributed by atoms with Crippen molar-refractivity contribution in [2.75, 3.05) is 0 Å². The molecule has 124 valence electrons. The molecule has 0 unspecified atom stereocenters. The van der Waals surface area contributed by atoms with Crippen molar-refractivity contribution < 1.29 is 14.3 Å². The van der Waals surface area contributed by atoms with Gasteiger partial charge in [-0.1, -0.05) is 35.9 Å². The number of thiophene rings is 1. The Morgan fingerprint density at radius 3 is 2.80 bits per heavy atom. The number of allylic oxidation sites excluding steroid dienone is 1. The molecule has 0 spiro atoms. The molecule has 0 radical (unpaired) electrons. The van der Waals surface area contributed by atoms with Crippen LogP contribution in [0, 0.1) is 0 Å². The monoisotopic (exact) mass is 368 g/mol. The van der Waals surface area contributed by atoms with Gasteiger partial charge >= 0.3 is 0 Å². The highest BCUT2D eigenvalue weighted by atomic mass is 35.5. The van der Waals surface area contributed by atoms with Gasteiger partial charge in [-0.3, -0.25) is 4.79 Å². The van der Waals surface area contributed by atoms with E-state index in [4.69, 9.17) is 21.1 Å². The number of benzene rings is 2. The summed E-state index contributed by atoms with van der Waals surface area (Å²) in [6, 6.07) is 16.6. The Balaban J connectivity index is 1.52. The Morgan fingerprint density at radius 1 is 1.12 bits per heavy atom. The third-order valence-electron chi connectivity index (χ3n) is 3.81. The number of carbonyl (C=O) groups is 1. The van der Waals surface area contributed by atoms with Crippen molar-refractivity contribution in [1.82, 2.24) is 0 Å². The summed E-state index contributed by atoms with van der Waals surface area (Å²) in [5.74, 6) is 1.37. The van der Waals surface area contributed by atoms with Crippen molar-refractivity contribution in [3.8, 4) is 11.5 Å². The predicted molar refractivity (Wildman–Crippen MR) is 99.5 cm³/mol. The maximum atomic E-state index is 12.4. The van der Waals surface area contributed by atoms with Crippen LogP contribution < -0.4 is 9.47 Å². The Kier molecular flexibility index (Phi) is 4.30. The molecule has 0 saturated heterocycles. The second-order valence-electron chi connectivity index (χ2n) is 5.49. The zero-order chi connectivity index (χ0) is 17.2. The number of Topliss-reactive ketones (excluding diaryl/α,β-unsaturated/α-hetero) is 1. The topological polar surface area (TPSA) is 35.5 Å². The number of rotatable bonds is 4. The molecule has 0 bridgehead atoms. The number of carbonyl (C=O) groups excluding carboxylic acids is 1. The first-order valence-electron chi connectivity index (χ1n) is 7.69. The van der Waals surface area contributed by atoms with Gasteiger partial charge in [-0.15, -0.1) is 11.3 Å². The minimum atomic E-state index is -0.110. The zero-order valence-electron chi connectivity index (χ0n) is 13.1. The van der Waals surface area contributed by atoms with Gasteiger partial charge in [0.05, 0.1) is 5.56 Å². The van der Waals surface area contributed by atoms with Gasteiger partial charge in [-0.25, -0.2) is 0 Å². The summed E-state index contributed by atoms with van der Waals surface area (Å²) < 4.78 is 11.5. The van der Waals surface area contributed by atoms with E-state index in [0.29, 0.717) is 34.5 Å².